The maximum Gasteiger partial charge on any atom is 0.283 e. The van der Waals surface area contributed by atoms with Gasteiger partial charge in [-0.15, -0.1) is 0 Å². The molecule has 2 aromatic carbocycles. The van der Waals surface area contributed by atoms with Gasteiger partial charge in [-0.2, -0.15) is 0 Å². The second-order valence-corrected chi connectivity index (χ2v) is 5.25. The second-order valence-electron chi connectivity index (χ2n) is 4.14. The van der Waals surface area contributed by atoms with Gasteiger partial charge in [0.1, 0.15) is 0 Å². The van der Waals surface area contributed by atoms with Crippen molar-refractivity contribution in [3.8, 4) is 0 Å². The Kier molecular flexibility index (Phi) is 4.73. The molecular weight excluding hydrogens is 288 g/mol. The van der Waals surface area contributed by atoms with Gasteiger partial charge in [-0.1, -0.05) is 36.0 Å². The fraction of sp³-hybridized carbons (Fsp3) is 0. The van der Waals surface area contributed by atoms with Crippen molar-refractivity contribution in [2.75, 3.05) is 0 Å². The predicted octanol–water partition coefficient (Wildman–Crippen LogP) is 3.24. The third-order valence-electron chi connectivity index (χ3n) is 2.59. The molecule has 6 heteroatoms. The fourth-order valence-electron chi connectivity index (χ4n) is 1.66. The Bertz CT molecular complexity index is 699. The van der Waals surface area contributed by atoms with E-state index in [4.69, 9.17) is 5.73 Å². The monoisotopic (exact) mass is 300 g/mol. The number of hydrogen-bond donors (Lipinski definition) is 1. The van der Waals surface area contributed by atoms with Crippen LogP contribution in [-0.2, 0) is 4.79 Å². The Morgan fingerprint density at radius 2 is 1.90 bits per heavy atom. The van der Waals surface area contributed by atoms with Gasteiger partial charge < -0.3 is 5.73 Å². The summed E-state index contributed by atoms with van der Waals surface area (Å²) in [4.78, 5) is 22.9. The lowest BCUT2D eigenvalue weighted by Crippen LogP contribution is -2.05. The molecule has 0 spiro atoms. The van der Waals surface area contributed by atoms with E-state index in [1.807, 2.05) is 30.3 Å². The Morgan fingerprint density at radius 1 is 1.19 bits per heavy atom. The molecular formula is C15H12N2O3S. The van der Waals surface area contributed by atoms with Gasteiger partial charge in [0, 0.05) is 17.0 Å². The third-order valence-corrected chi connectivity index (χ3v) is 3.66. The number of nitrogens with zero attached hydrogens (tertiary/aromatic N) is 1. The number of carbonyl (C=O) groups excluding carboxylic acids is 1. The minimum Gasteiger partial charge on any atom is -0.366 e. The summed E-state index contributed by atoms with van der Waals surface area (Å²) >= 11 is 1.32. The van der Waals surface area contributed by atoms with Crippen LogP contribution in [0.15, 0.2) is 64.4 Å². The molecule has 0 radical (unpaired) electrons. The first-order chi connectivity index (χ1) is 10.1. The number of benzene rings is 2. The summed E-state index contributed by atoms with van der Waals surface area (Å²) in [6.45, 7) is 0. The standard InChI is InChI=1S/C15H12N2O3S/c16-15(18)9-7-11-6-8-14(13(10-11)17(19)20)21-12-4-2-1-3-5-12/h1-10H,(H2,16,18)/b9-7-. The lowest BCUT2D eigenvalue weighted by Gasteiger charge is -2.04. The van der Waals surface area contributed by atoms with E-state index < -0.39 is 10.8 Å². The molecule has 5 nitrogen and oxygen atoms in total. The summed E-state index contributed by atoms with van der Waals surface area (Å²) in [5.74, 6) is -0.597. The van der Waals surface area contributed by atoms with Crippen LogP contribution in [0.2, 0.25) is 0 Å². The van der Waals surface area contributed by atoms with Crippen molar-refractivity contribution in [2.45, 2.75) is 9.79 Å². The van der Waals surface area contributed by atoms with Crippen molar-refractivity contribution >= 4 is 29.4 Å². The molecule has 106 valence electrons. The zero-order chi connectivity index (χ0) is 15.2. The van der Waals surface area contributed by atoms with Crippen LogP contribution in [0.4, 0.5) is 5.69 Å². The summed E-state index contributed by atoms with van der Waals surface area (Å²) in [6.07, 6.45) is 2.62. The van der Waals surface area contributed by atoms with Gasteiger partial charge in [-0.25, -0.2) is 0 Å². The van der Waals surface area contributed by atoms with E-state index in [-0.39, 0.29) is 5.69 Å². The highest BCUT2D eigenvalue weighted by Gasteiger charge is 2.15. The molecule has 2 rings (SSSR count). The summed E-state index contributed by atoms with van der Waals surface area (Å²) in [7, 11) is 0. The van der Waals surface area contributed by atoms with E-state index in [0.29, 0.717) is 10.5 Å². The zero-order valence-corrected chi connectivity index (χ0v) is 11.7. The predicted molar refractivity (Wildman–Crippen MR) is 81.9 cm³/mol. The van der Waals surface area contributed by atoms with E-state index in [1.165, 1.54) is 30.0 Å². The van der Waals surface area contributed by atoms with Crippen LogP contribution in [-0.4, -0.2) is 10.8 Å². The van der Waals surface area contributed by atoms with E-state index in [0.717, 1.165) is 4.90 Å². The summed E-state index contributed by atoms with van der Waals surface area (Å²) < 4.78 is 0. The average molecular weight is 300 g/mol. The van der Waals surface area contributed by atoms with Gasteiger partial charge in [-0.3, -0.25) is 14.9 Å². The number of carbonyl (C=O) groups is 1. The number of nitrogens with two attached hydrogens (primary N) is 1. The molecule has 1 amide bonds. The maximum absolute atomic E-state index is 11.2. The molecule has 21 heavy (non-hydrogen) atoms. The molecule has 0 fully saturated rings. The van der Waals surface area contributed by atoms with Crippen molar-refractivity contribution in [1.29, 1.82) is 0 Å². The van der Waals surface area contributed by atoms with E-state index in [2.05, 4.69) is 0 Å². The van der Waals surface area contributed by atoms with Crippen molar-refractivity contribution in [3.63, 3.8) is 0 Å². The minimum absolute atomic E-state index is 0.00419. The van der Waals surface area contributed by atoms with Gasteiger partial charge >= 0.3 is 0 Å². The summed E-state index contributed by atoms with van der Waals surface area (Å²) in [5, 5.41) is 11.2. The van der Waals surface area contributed by atoms with Gasteiger partial charge in [0.2, 0.25) is 5.91 Å². The first-order valence-corrected chi connectivity index (χ1v) is 6.87. The van der Waals surface area contributed by atoms with Gasteiger partial charge in [0.15, 0.2) is 0 Å². The lowest BCUT2D eigenvalue weighted by atomic mass is 10.2. The Hall–Kier alpha value is -2.60. The quantitative estimate of drug-likeness (QED) is 0.521. The summed E-state index contributed by atoms with van der Waals surface area (Å²) in [5.41, 5.74) is 5.56. The number of nitro benzene ring substituents is 1. The topological polar surface area (TPSA) is 86.2 Å². The molecule has 2 N–H and O–H groups in total. The van der Waals surface area contributed by atoms with Gasteiger partial charge in [-0.05, 0) is 29.8 Å². The van der Waals surface area contributed by atoms with E-state index in [9.17, 15) is 14.9 Å². The van der Waals surface area contributed by atoms with Crippen molar-refractivity contribution < 1.29 is 9.72 Å². The molecule has 0 atom stereocenters. The van der Waals surface area contributed by atoms with Crippen LogP contribution in [0.5, 0.6) is 0 Å². The average Bonchev–Trinajstić information content (AvgIpc) is 2.47. The van der Waals surface area contributed by atoms with Crippen LogP contribution >= 0.6 is 11.8 Å². The maximum atomic E-state index is 11.2. The van der Waals surface area contributed by atoms with E-state index >= 15 is 0 Å². The first-order valence-electron chi connectivity index (χ1n) is 6.05. The smallest absolute Gasteiger partial charge is 0.283 e. The van der Waals surface area contributed by atoms with Crippen LogP contribution in [0.3, 0.4) is 0 Å². The molecule has 0 aliphatic carbocycles. The number of rotatable bonds is 5. The zero-order valence-electron chi connectivity index (χ0n) is 10.9. The Balaban J connectivity index is 2.33. The lowest BCUT2D eigenvalue weighted by molar-refractivity contribution is -0.387. The first kappa shape index (κ1) is 14.8. The highest BCUT2D eigenvalue weighted by atomic mass is 32.2. The summed E-state index contributed by atoms with van der Waals surface area (Å²) in [6, 6.07) is 14.2. The Labute approximate surface area is 125 Å². The molecule has 0 aliphatic heterocycles. The Morgan fingerprint density at radius 3 is 2.52 bits per heavy atom. The largest absolute Gasteiger partial charge is 0.366 e. The normalized spacial score (nSPS) is 10.7. The SMILES string of the molecule is NC(=O)/C=C\c1ccc(Sc2ccccc2)c([N+](=O)[O-])c1. The highest BCUT2D eigenvalue weighted by molar-refractivity contribution is 7.99. The van der Waals surface area contributed by atoms with Gasteiger partial charge in [0.05, 0.1) is 9.82 Å². The van der Waals surface area contributed by atoms with Crippen molar-refractivity contribution in [2.24, 2.45) is 5.73 Å². The number of hydrogen-bond acceptors (Lipinski definition) is 4. The molecule has 0 bridgehead atoms. The van der Waals surface area contributed by atoms with Gasteiger partial charge in [0.25, 0.3) is 5.69 Å². The molecule has 0 aromatic heterocycles. The highest BCUT2D eigenvalue weighted by Crippen LogP contribution is 2.35. The third kappa shape index (κ3) is 4.19. The molecule has 0 saturated heterocycles. The van der Waals surface area contributed by atoms with E-state index in [1.54, 1.807) is 12.1 Å². The fourth-order valence-corrected chi connectivity index (χ4v) is 2.58. The second kappa shape index (κ2) is 6.71. The molecule has 0 saturated carbocycles. The van der Waals surface area contributed by atoms with Crippen molar-refractivity contribution in [3.05, 3.63) is 70.3 Å². The van der Waals surface area contributed by atoms with Crippen LogP contribution in [0.25, 0.3) is 6.08 Å². The minimum atomic E-state index is -0.597. The molecule has 2 aromatic rings. The molecule has 0 aliphatic rings. The van der Waals surface area contributed by atoms with Crippen LogP contribution in [0, 0.1) is 10.1 Å². The molecule has 0 heterocycles. The van der Waals surface area contributed by atoms with Crippen molar-refractivity contribution in [1.82, 2.24) is 0 Å². The van der Waals surface area contributed by atoms with Crippen LogP contribution < -0.4 is 5.73 Å². The van der Waals surface area contributed by atoms with Crippen LogP contribution in [0.1, 0.15) is 5.56 Å². The number of amides is 1. The number of primary amides is 1. The molecule has 0 unspecified atom stereocenters. The number of nitro groups is 1.